The second-order valence-electron chi connectivity index (χ2n) is 11.0. The van der Waals surface area contributed by atoms with Crippen molar-refractivity contribution < 1.29 is 0 Å². The van der Waals surface area contributed by atoms with Gasteiger partial charge in [-0.15, -0.1) is 24.0 Å². The molecule has 0 saturated heterocycles. The molecule has 214 valence electrons. The minimum atomic E-state index is 0.688. The first kappa shape index (κ1) is 27.4. The molecule has 0 fully saturated rings. The number of nitrogens with zero attached hydrogens (tertiary/aromatic N) is 2. The summed E-state index contributed by atoms with van der Waals surface area (Å²) in [5, 5.41) is 5.60. The van der Waals surface area contributed by atoms with Crippen LogP contribution < -0.4 is 4.90 Å². The molecule has 0 N–H and O–H groups in total. The molecule has 0 aliphatic carbocycles. The van der Waals surface area contributed by atoms with Gasteiger partial charge in [0.1, 0.15) is 5.04 Å². The molecule has 0 aliphatic rings. The summed E-state index contributed by atoms with van der Waals surface area (Å²) in [5.41, 5.74) is 7.50. The third kappa shape index (κ3) is 5.18. The molecule has 0 unspecified atom stereocenters. The Balaban J connectivity index is 1.37. The molecule has 0 amide bonds. The Kier molecular flexibility index (Phi) is 7.14. The largest absolute Gasteiger partial charge is 0.310 e. The average molecular weight is 613 g/mol. The first-order valence-electron chi connectivity index (χ1n) is 14.9. The van der Waals surface area contributed by atoms with Crippen molar-refractivity contribution in [2.24, 2.45) is 4.99 Å². The maximum Gasteiger partial charge on any atom is 0.102 e. The van der Waals surface area contributed by atoms with Crippen molar-refractivity contribution in [2.75, 3.05) is 4.90 Å². The van der Waals surface area contributed by atoms with Crippen molar-refractivity contribution in [3.05, 3.63) is 169 Å². The number of aliphatic imine (C=N–C) groups is 1. The number of benzene rings is 7. The lowest BCUT2D eigenvalue weighted by Crippen LogP contribution is -2.10. The van der Waals surface area contributed by atoms with E-state index in [0.29, 0.717) is 5.04 Å². The number of hydrogen-bond acceptors (Lipinski definition) is 3. The van der Waals surface area contributed by atoms with Gasteiger partial charge in [-0.3, -0.25) is 0 Å². The van der Waals surface area contributed by atoms with Gasteiger partial charge in [0.15, 0.2) is 0 Å². The SMILES string of the molecule is SC(=Nc1ccccc1)c1cc(N(c2ccccc2)c2ccc(-c3ccccc3)cc2)cc2sc3c4ccccc4ccc3c12. The lowest BCUT2D eigenvalue weighted by Gasteiger charge is -2.26. The number of fused-ring (bicyclic) bond motifs is 5. The zero-order valence-corrected chi connectivity index (χ0v) is 26.0. The topological polar surface area (TPSA) is 15.6 Å². The van der Waals surface area contributed by atoms with Crippen molar-refractivity contribution in [2.45, 2.75) is 0 Å². The molecule has 0 saturated carbocycles. The number of rotatable bonds is 6. The summed E-state index contributed by atoms with van der Waals surface area (Å²) in [5.74, 6) is 0. The Morgan fingerprint density at radius 1 is 0.533 bits per heavy atom. The van der Waals surface area contributed by atoms with Crippen LogP contribution in [0.4, 0.5) is 22.7 Å². The molecule has 0 radical (unpaired) electrons. The first-order valence-corrected chi connectivity index (χ1v) is 16.2. The van der Waals surface area contributed by atoms with Crippen molar-refractivity contribution >= 4 is 82.7 Å². The molecule has 45 heavy (non-hydrogen) atoms. The molecule has 0 atom stereocenters. The lowest BCUT2D eigenvalue weighted by molar-refractivity contribution is 1.29. The highest BCUT2D eigenvalue weighted by molar-refractivity contribution is 7.97. The van der Waals surface area contributed by atoms with Gasteiger partial charge in [-0.1, -0.05) is 115 Å². The minimum absolute atomic E-state index is 0.688. The average Bonchev–Trinajstić information content (AvgIpc) is 3.49. The van der Waals surface area contributed by atoms with E-state index in [1.807, 2.05) is 41.7 Å². The molecule has 0 spiro atoms. The minimum Gasteiger partial charge on any atom is -0.310 e. The summed E-state index contributed by atoms with van der Waals surface area (Å²) < 4.78 is 2.48. The zero-order chi connectivity index (χ0) is 30.2. The molecule has 4 heteroatoms. The molecule has 0 aliphatic heterocycles. The Labute approximate surface area is 272 Å². The predicted molar refractivity (Wildman–Crippen MR) is 199 cm³/mol. The fraction of sp³-hybridized carbons (Fsp3) is 0. The van der Waals surface area contributed by atoms with Gasteiger partial charge in [-0.25, -0.2) is 4.99 Å². The van der Waals surface area contributed by atoms with Crippen LogP contribution in [0.1, 0.15) is 5.56 Å². The van der Waals surface area contributed by atoms with E-state index in [0.717, 1.165) is 28.3 Å². The van der Waals surface area contributed by atoms with E-state index in [2.05, 4.69) is 138 Å². The summed E-state index contributed by atoms with van der Waals surface area (Å²) in [6.45, 7) is 0. The number of thiophene rings is 1. The van der Waals surface area contributed by atoms with Crippen molar-refractivity contribution in [1.82, 2.24) is 0 Å². The number of hydrogen-bond donors (Lipinski definition) is 1. The van der Waals surface area contributed by atoms with Crippen LogP contribution in [0.3, 0.4) is 0 Å². The highest BCUT2D eigenvalue weighted by atomic mass is 32.1. The highest BCUT2D eigenvalue weighted by Gasteiger charge is 2.20. The van der Waals surface area contributed by atoms with Gasteiger partial charge in [0, 0.05) is 42.8 Å². The maximum absolute atomic E-state index is 5.06. The van der Waals surface area contributed by atoms with Gasteiger partial charge >= 0.3 is 0 Å². The molecular weight excluding hydrogens is 585 g/mol. The van der Waals surface area contributed by atoms with Gasteiger partial charge in [-0.05, 0) is 70.4 Å². The number of anilines is 3. The number of thiol groups is 1. The summed E-state index contributed by atoms with van der Waals surface area (Å²) in [4.78, 5) is 7.31. The summed E-state index contributed by atoms with van der Waals surface area (Å²) >= 11 is 6.90. The van der Waals surface area contributed by atoms with Crippen molar-refractivity contribution in [3.63, 3.8) is 0 Å². The Morgan fingerprint density at radius 2 is 1.16 bits per heavy atom. The normalized spacial score (nSPS) is 11.8. The molecule has 0 bridgehead atoms. The second-order valence-corrected chi connectivity index (χ2v) is 12.5. The Bertz CT molecular complexity index is 2310. The smallest absolute Gasteiger partial charge is 0.102 e. The quantitative estimate of drug-likeness (QED) is 0.112. The van der Waals surface area contributed by atoms with Gasteiger partial charge < -0.3 is 4.90 Å². The predicted octanol–water partition coefficient (Wildman–Crippen LogP) is 12.4. The van der Waals surface area contributed by atoms with E-state index in [-0.39, 0.29) is 0 Å². The lowest BCUT2D eigenvalue weighted by atomic mass is 10.0. The van der Waals surface area contributed by atoms with Crippen molar-refractivity contribution in [1.29, 1.82) is 0 Å². The van der Waals surface area contributed by atoms with E-state index in [1.165, 1.54) is 42.1 Å². The Hall–Kier alpha value is -5.16. The maximum atomic E-state index is 5.06. The first-order chi connectivity index (χ1) is 22.2. The molecule has 7 aromatic carbocycles. The van der Waals surface area contributed by atoms with Gasteiger partial charge in [-0.2, -0.15) is 0 Å². The molecule has 8 aromatic rings. The van der Waals surface area contributed by atoms with Crippen LogP contribution in [0.2, 0.25) is 0 Å². The van der Waals surface area contributed by atoms with Gasteiger partial charge in [0.2, 0.25) is 0 Å². The molecule has 1 aromatic heterocycles. The van der Waals surface area contributed by atoms with Crippen LogP contribution in [0.15, 0.2) is 169 Å². The molecule has 2 nitrogen and oxygen atoms in total. The van der Waals surface area contributed by atoms with Crippen LogP contribution >= 0.6 is 24.0 Å². The summed E-state index contributed by atoms with van der Waals surface area (Å²) in [6, 6.07) is 57.6. The summed E-state index contributed by atoms with van der Waals surface area (Å²) in [7, 11) is 0. The zero-order valence-electron chi connectivity index (χ0n) is 24.3. The van der Waals surface area contributed by atoms with E-state index in [1.54, 1.807) is 0 Å². The Morgan fingerprint density at radius 3 is 1.91 bits per heavy atom. The van der Waals surface area contributed by atoms with Gasteiger partial charge in [0.25, 0.3) is 0 Å². The summed E-state index contributed by atoms with van der Waals surface area (Å²) in [6.07, 6.45) is 0. The number of para-hydroxylation sites is 2. The fourth-order valence-corrected chi connectivity index (χ4v) is 7.66. The molecular formula is C41H28N2S2. The van der Waals surface area contributed by atoms with Crippen LogP contribution in [-0.4, -0.2) is 5.04 Å². The van der Waals surface area contributed by atoms with Gasteiger partial charge in [0.05, 0.1) is 5.69 Å². The van der Waals surface area contributed by atoms with E-state index in [9.17, 15) is 0 Å². The van der Waals surface area contributed by atoms with E-state index >= 15 is 0 Å². The van der Waals surface area contributed by atoms with Crippen LogP contribution in [0, 0.1) is 0 Å². The van der Waals surface area contributed by atoms with E-state index < -0.39 is 0 Å². The second kappa shape index (κ2) is 11.7. The van der Waals surface area contributed by atoms with Crippen LogP contribution in [0.25, 0.3) is 42.1 Å². The van der Waals surface area contributed by atoms with Crippen molar-refractivity contribution in [3.8, 4) is 11.1 Å². The molecule has 1 heterocycles. The monoisotopic (exact) mass is 612 g/mol. The highest BCUT2D eigenvalue weighted by Crippen LogP contribution is 2.45. The van der Waals surface area contributed by atoms with E-state index in [4.69, 9.17) is 17.6 Å². The third-order valence-electron chi connectivity index (χ3n) is 8.19. The third-order valence-corrected chi connectivity index (χ3v) is 9.71. The van der Waals surface area contributed by atoms with Crippen LogP contribution in [0.5, 0.6) is 0 Å². The fourth-order valence-electron chi connectivity index (χ4n) is 6.07. The standard InChI is InChI=1S/C41H28N2S2/c44-41(42-31-15-6-2-7-16-31)37-26-34(27-38-39(37)36-25-22-30-14-10-11-19-35(30)40(36)45-38)43(32-17-8-3-9-18-32)33-23-20-29(21-24-33)28-12-4-1-5-13-28/h1-27H,(H,42,44). The van der Waals surface area contributed by atoms with Crippen LogP contribution in [-0.2, 0) is 0 Å². The molecule has 8 rings (SSSR count).